The number of aromatic nitrogens is 2. The van der Waals surface area contributed by atoms with E-state index in [2.05, 4.69) is 5.10 Å². The van der Waals surface area contributed by atoms with Gasteiger partial charge >= 0.3 is 0 Å². The molecule has 0 aliphatic carbocycles. The summed E-state index contributed by atoms with van der Waals surface area (Å²) >= 11 is 0. The lowest BCUT2D eigenvalue weighted by molar-refractivity contribution is -0.159. The van der Waals surface area contributed by atoms with Crippen LogP contribution in [0.25, 0.3) is 0 Å². The minimum absolute atomic E-state index is 0.000290. The summed E-state index contributed by atoms with van der Waals surface area (Å²) in [5.74, 6) is 0.0685. The maximum Gasteiger partial charge on any atom is 0.244 e. The van der Waals surface area contributed by atoms with Gasteiger partial charge in [-0.05, 0) is 44.6 Å². The lowest BCUT2D eigenvalue weighted by Gasteiger charge is -2.55. The molecule has 25 heavy (non-hydrogen) atoms. The van der Waals surface area contributed by atoms with Gasteiger partial charge in [0, 0.05) is 39.0 Å². The summed E-state index contributed by atoms with van der Waals surface area (Å²) in [7, 11) is 0. The van der Waals surface area contributed by atoms with Crippen molar-refractivity contribution in [2.75, 3.05) is 19.6 Å². The van der Waals surface area contributed by atoms with Crippen molar-refractivity contribution in [1.29, 1.82) is 0 Å². The molecule has 1 aromatic rings. The van der Waals surface area contributed by atoms with Crippen molar-refractivity contribution >= 4 is 11.8 Å². The molecule has 2 aliphatic heterocycles. The Hall–Kier alpha value is -1.89. The number of piperidine rings is 2. The number of likely N-dealkylation sites (tertiary alicyclic amines) is 2. The third-order valence-corrected chi connectivity index (χ3v) is 6.04. The van der Waals surface area contributed by atoms with Gasteiger partial charge in [-0.15, -0.1) is 0 Å². The van der Waals surface area contributed by atoms with Crippen LogP contribution in [0.5, 0.6) is 0 Å². The van der Waals surface area contributed by atoms with Gasteiger partial charge in [0.05, 0.1) is 11.6 Å². The lowest BCUT2D eigenvalue weighted by atomic mass is 9.67. The summed E-state index contributed by atoms with van der Waals surface area (Å²) < 4.78 is 1.64. The number of amides is 2. The van der Waals surface area contributed by atoms with Crippen LogP contribution in [0.4, 0.5) is 0 Å². The van der Waals surface area contributed by atoms with Crippen molar-refractivity contribution < 1.29 is 14.7 Å². The summed E-state index contributed by atoms with van der Waals surface area (Å²) in [4.78, 5) is 28.2. The number of carbonyl (C=O) groups excluding carboxylic acids is 2. The molecule has 2 saturated heterocycles. The second-order valence-electron chi connectivity index (χ2n) is 8.06. The predicted molar refractivity (Wildman–Crippen MR) is 92.6 cm³/mol. The van der Waals surface area contributed by atoms with Gasteiger partial charge in [0.2, 0.25) is 11.8 Å². The lowest BCUT2D eigenvalue weighted by Crippen LogP contribution is -2.64. The molecule has 1 spiro atoms. The van der Waals surface area contributed by atoms with Crippen molar-refractivity contribution in [3.8, 4) is 0 Å². The van der Waals surface area contributed by atoms with Gasteiger partial charge < -0.3 is 14.9 Å². The minimum Gasteiger partial charge on any atom is -0.391 e. The van der Waals surface area contributed by atoms with Crippen LogP contribution in [0.15, 0.2) is 18.5 Å². The Labute approximate surface area is 148 Å². The SMILES string of the molecule is CC(=O)N1CC2(CCN(C(=O)Cn3cccn3)CC2)CC(O)C1(C)C. The van der Waals surface area contributed by atoms with Crippen LogP contribution in [0, 0.1) is 5.41 Å². The van der Waals surface area contributed by atoms with Crippen molar-refractivity contribution in [1.82, 2.24) is 19.6 Å². The van der Waals surface area contributed by atoms with E-state index in [1.54, 1.807) is 30.1 Å². The maximum atomic E-state index is 12.4. The molecule has 1 N–H and O–H groups in total. The molecule has 1 unspecified atom stereocenters. The summed E-state index contributed by atoms with van der Waals surface area (Å²) in [6, 6.07) is 1.81. The molecule has 1 atom stereocenters. The third kappa shape index (κ3) is 3.42. The van der Waals surface area contributed by atoms with Gasteiger partial charge in [-0.2, -0.15) is 5.10 Å². The van der Waals surface area contributed by atoms with Crippen molar-refractivity contribution in [3.63, 3.8) is 0 Å². The Morgan fingerprint density at radius 1 is 1.28 bits per heavy atom. The molecular weight excluding hydrogens is 320 g/mol. The number of rotatable bonds is 2. The van der Waals surface area contributed by atoms with E-state index in [1.165, 1.54) is 0 Å². The van der Waals surface area contributed by atoms with Crippen LogP contribution in [-0.4, -0.2) is 67.8 Å². The number of aliphatic hydroxyl groups is 1. The summed E-state index contributed by atoms with van der Waals surface area (Å²) in [6.45, 7) is 7.67. The Kier molecular flexibility index (Phi) is 4.62. The topological polar surface area (TPSA) is 78.7 Å². The second-order valence-corrected chi connectivity index (χ2v) is 8.06. The summed E-state index contributed by atoms with van der Waals surface area (Å²) in [5.41, 5.74) is -0.632. The number of aliphatic hydroxyl groups excluding tert-OH is 1. The standard InChI is InChI=1S/C18H28N4O3/c1-14(23)22-13-18(11-15(24)17(22,2)3)5-9-20(10-6-18)16(25)12-21-8-4-7-19-21/h4,7-8,15,24H,5-6,9-13H2,1-3H3. The molecule has 3 rings (SSSR count). The zero-order chi connectivity index (χ0) is 18.2. The highest BCUT2D eigenvalue weighted by Gasteiger charge is 2.50. The summed E-state index contributed by atoms with van der Waals surface area (Å²) in [5, 5.41) is 14.7. The normalized spacial score (nSPS) is 25.2. The van der Waals surface area contributed by atoms with E-state index in [0.717, 1.165) is 12.8 Å². The Morgan fingerprint density at radius 3 is 2.52 bits per heavy atom. The Morgan fingerprint density at radius 2 is 1.96 bits per heavy atom. The molecule has 138 valence electrons. The molecule has 2 aliphatic rings. The van der Waals surface area contributed by atoms with Gasteiger partial charge in [0.1, 0.15) is 6.54 Å². The molecule has 0 radical (unpaired) electrons. The first-order valence-electron chi connectivity index (χ1n) is 8.95. The van der Waals surface area contributed by atoms with Crippen molar-refractivity contribution in [2.24, 2.45) is 5.41 Å². The van der Waals surface area contributed by atoms with E-state index in [0.29, 0.717) is 26.1 Å². The fourth-order valence-corrected chi connectivity index (χ4v) is 4.19. The number of hydrogen-bond donors (Lipinski definition) is 1. The first kappa shape index (κ1) is 17.9. The summed E-state index contributed by atoms with van der Waals surface area (Å²) in [6.07, 6.45) is 5.22. The first-order valence-corrected chi connectivity index (χ1v) is 8.95. The van der Waals surface area contributed by atoms with Crippen LogP contribution in [0.1, 0.15) is 40.0 Å². The third-order valence-electron chi connectivity index (χ3n) is 6.04. The number of carbonyl (C=O) groups is 2. The van der Waals surface area contributed by atoms with Crippen LogP contribution >= 0.6 is 0 Å². The van der Waals surface area contributed by atoms with Crippen LogP contribution < -0.4 is 0 Å². The average molecular weight is 348 g/mol. The molecule has 3 heterocycles. The van der Waals surface area contributed by atoms with Gasteiger partial charge in [-0.1, -0.05) is 0 Å². The molecule has 2 fully saturated rings. The Balaban J connectivity index is 1.64. The van der Waals surface area contributed by atoms with Crippen molar-refractivity contribution in [3.05, 3.63) is 18.5 Å². The van der Waals surface area contributed by atoms with Crippen LogP contribution in [0.3, 0.4) is 0 Å². The minimum atomic E-state index is -0.545. The fraction of sp³-hybridized carbons (Fsp3) is 0.722. The molecule has 1 aromatic heterocycles. The molecule has 7 heteroatoms. The molecule has 0 aromatic carbocycles. The van der Waals surface area contributed by atoms with Crippen LogP contribution in [0.2, 0.25) is 0 Å². The van der Waals surface area contributed by atoms with Gasteiger partial charge in [-0.3, -0.25) is 14.3 Å². The van der Waals surface area contributed by atoms with Crippen molar-refractivity contribution in [2.45, 2.75) is 58.2 Å². The van der Waals surface area contributed by atoms with E-state index in [9.17, 15) is 14.7 Å². The second kappa shape index (κ2) is 6.44. The molecular formula is C18H28N4O3. The monoisotopic (exact) mass is 348 g/mol. The highest BCUT2D eigenvalue weighted by atomic mass is 16.3. The molecule has 7 nitrogen and oxygen atoms in total. The number of hydrogen-bond acceptors (Lipinski definition) is 4. The predicted octanol–water partition coefficient (Wildman–Crippen LogP) is 0.884. The van der Waals surface area contributed by atoms with E-state index in [-0.39, 0.29) is 23.8 Å². The molecule has 0 bridgehead atoms. The maximum absolute atomic E-state index is 12.4. The largest absolute Gasteiger partial charge is 0.391 e. The number of nitrogens with zero attached hydrogens (tertiary/aromatic N) is 4. The molecule has 0 saturated carbocycles. The zero-order valence-corrected chi connectivity index (χ0v) is 15.3. The Bertz CT molecular complexity index is 633. The first-order chi connectivity index (χ1) is 11.7. The molecule has 2 amide bonds. The zero-order valence-electron chi connectivity index (χ0n) is 15.3. The van der Waals surface area contributed by atoms with E-state index >= 15 is 0 Å². The van der Waals surface area contributed by atoms with Gasteiger partial charge in [-0.25, -0.2) is 0 Å². The smallest absolute Gasteiger partial charge is 0.244 e. The quantitative estimate of drug-likeness (QED) is 0.861. The van der Waals surface area contributed by atoms with E-state index in [4.69, 9.17) is 0 Å². The highest BCUT2D eigenvalue weighted by Crippen LogP contribution is 2.45. The van der Waals surface area contributed by atoms with Gasteiger partial charge in [0.15, 0.2) is 0 Å². The average Bonchev–Trinajstić information content (AvgIpc) is 3.04. The fourth-order valence-electron chi connectivity index (χ4n) is 4.19. The van der Waals surface area contributed by atoms with Gasteiger partial charge in [0.25, 0.3) is 0 Å². The van der Waals surface area contributed by atoms with E-state index in [1.807, 2.05) is 23.6 Å². The highest BCUT2D eigenvalue weighted by molar-refractivity contribution is 5.76. The van der Waals surface area contributed by atoms with Crippen LogP contribution in [-0.2, 0) is 16.1 Å². The van der Waals surface area contributed by atoms with E-state index < -0.39 is 11.6 Å².